The maximum atomic E-state index is 12.1. The van der Waals surface area contributed by atoms with Crippen molar-refractivity contribution in [1.29, 1.82) is 0 Å². The summed E-state index contributed by atoms with van der Waals surface area (Å²) >= 11 is 11.7. The Bertz CT molecular complexity index is 746. The fourth-order valence-corrected chi connectivity index (χ4v) is 2.15. The highest BCUT2D eigenvalue weighted by atomic mass is 35.5. The molecule has 6 heteroatoms. The van der Waals surface area contributed by atoms with E-state index in [1.54, 1.807) is 6.07 Å². The van der Waals surface area contributed by atoms with Crippen molar-refractivity contribution in [2.24, 2.45) is 0 Å². The fourth-order valence-electron chi connectivity index (χ4n) is 1.85. The molecule has 0 saturated heterocycles. The summed E-state index contributed by atoms with van der Waals surface area (Å²) in [5, 5.41) is 3.31. The van der Waals surface area contributed by atoms with Gasteiger partial charge >= 0.3 is 5.97 Å². The van der Waals surface area contributed by atoms with E-state index in [-0.39, 0.29) is 10.6 Å². The van der Waals surface area contributed by atoms with Crippen LogP contribution in [-0.2, 0) is 9.53 Å². The van der Waals surface area contributed by atoms with Crippen molar-refractivity contribution in [3.05, 3.63) is 63.6 Å². The normalized spacial score (nSPS) is 11.7. The van der Waals surface area contributed by atoms with Crippen molar-refractivity contribution >= 4 is 40.8 Å². The molecule has 0 fully saturated rings. The zero-order chi connectivity index (χ0) is 17.0. The number of aryl methyl sites for hydroxylation is 1. The van der Waals surface area contributed by atoms with Crippen LogP contribution in [0.4, 0.5) is 5.69 Å². The van der Waals surface area contributed by atoms with Crippen LogP contribution in [-0.4, -0.2) is 18.0 Å². The lowest BCUT2D eigenvalue weighted by atomic mass is 10.2. The molecule has 1 atom stereocenters. The molecule has 0 aliphatic heterocycles. The summed E-state index contributed by atoms with van der Waals surface area (Å²) in [5.41, 5.74) is 1.83. The highest BCUT2D eigenvalue weighted by molar-refractivity contribution is 6.42. The molecule has 4 nitrogen and oxygen atoms in total. The summed E-state index contributed by atoms with van der Waals surface area (Å²) in [6, 6.07) is 11.7. The van der Waals surface area contributed by atoms with Gasteiger partial charge in [-0.3, -0.25) is 4.79 Å². The van der Waals surface area contributed by atoms with Crippen molar-refractivity contribution in [2.75, 3.05) is 5.32 Å². The van der Waals surface area contributed by atoms with E-state index in [1.165, 1.54) is 25.1 Å². The molecule has 0 saturated carbocycles. The van der Waals surface area contributed by atoms with Gasteiger partial charge in [-0.15, -0.1) is 0 Å². The quantitative estimate of drug-likeness (QED) is 0.825. The number of nitrogens with one attached hydrogen (secondary N) is 1. The van der Waals surface area contributed by atoms with Gasteiger partial charge in [-0.25, -0.2) is 4.79 Å². The van der Waals surface area contributed by atoms with Gasteiger partial charge < -0.3 is 10.1 Å². The van der Waals surface area contributed by atoms with Gasteiger partial charge in [0.15, 0.2) is 6.10 Å². The third-order valence-corrected chi connectivity index (χ3v) is 3.95. The number of para-hydroxylation sites is 1. The summed E-state index contributed by atoms with van der Waals surface area (Å²) in [7, 11) is 0. The van der Waals surface area contributed by atoms with Crippen LogP contribution in [0.25, 0.3) is 0 Å². The maximum Gasteiger partial charge on any atom is 0.338 e. The van der Waals surface area contributed by atoms with Crippen LogP contribution in [0.1, 0.15) is 22.8 Å². The van der Waals surface area contributed by atoms with Gasteiger partial charge in [0, 0.05) is 5.69 Å². The van der Waals surface area contributed by atoms with E-state index in [0.29, 0.717) is 10.7 Å². The number of carbonyl (C=O) groups excluding carboxylic acids is 2. The number of halogens is 2. The minimum Gasteiger partial charge on any atom is -0.449 e. The van der Waals surface area contributed by atoms with E-state index in [9.17, 15) is 9.59 Å². The minimum atomic E-state index is -0.948. The second-order valence-corrected chi connectivity index (χ2v) is 5.79. The Balaban J connectivity index is 2.01. The molecule has 2 aromatic rings. The molecule has 2 rings (SSSR count). The molecule has 23 heavy (non-hydrogen) atoms. The predicted octanol–water partition coefficient (Wildman–Crippen LogP) is 4.49. The number of carbonyl (C=O) groups is 2. The molecule has 0 radical (unpaired) electrons. The van der Waals surface area contributed by atoms with Crippen molar-refractivity contribution in [1.82, 2.24) is 0 Å². The number of esters is 1. The van der Waals surface area contributed by atoms with Gasteiger partial charge in [-0.2, -0.15) is 0 Å². The van der Waals surface area contributed by atoms with Crippen LogP contribution in [0.15, 0.2) is 42.5 Å². The van der Waals surface area contributed by atoms with Crippen LogP contribution >= 0.6 is 23.2 Å². The topological polar surface area (TPSA) is 55.4 Å². The zero-order valence-corrected chi connectivity index (χ0v) is 14.1. The largest absolute Gasteiger partial charge is 0.449 e. The second kappa shape index (κ2) is 7.49. The SMILES string of the molecule is Cc1ccccc1NC(=O)C(C)OC(=O)c1ccc(Cl)c(Cl)c1. The Morgan fingerprint density at radius 1 is 1.09 bits per heavy atom. The maximum absolute atomic E-state index is 12.1. The predicted molar refractivity (Wildman–Crippen MR) is 91.1 cm³/mol. The number of hydrogen-bond donors (Lipinski definition) is 1. The molecule has 0 aliphatic rings. The molecular formula is C17H15Cl2NO3. The first-order valence-electron chi connectivity index (χ1n) is 6.91. The summed E-state index contributed by atoms with van der Waals surface area (Å²) in [5.74, 6) is -1.05. The number of anilines is 1. The molecule has 1 amide bonds. The minimum absolute atomic E-state index is 0.231. The Morgan fingerprint density at radius 3 is 2.43 bits per heavy atom. The summed E-state index contributed by atoms with van der Waals surface area (Å²) < 4.78 is 5.15. The van der Waals surface area contributed by atoms with Crippen LogP contribution in [0.5, 0.6) is 0 Å². The molecule has 120 valence electrons. The monoisotopic (exact) mass is 351 g/mol. The zero-order valence-electron chi connectivity index (χ0n) is 12.6. The van der Waals surface area contributed by atoms with Crippen molar-refractivity contribution < 1.29 is 14.3 Å². The van der Waals surface area contributed by atoms with Gasteiger partial charge in [0.2, 0.25) is 0 Å². The Labute approximate surface area is 144 Å². The molecule has 1 N–H and O–H groups in total. The standard InChI is InChI=1S/C17H15Cl2NO3/c1-10-5-3-4-6-15(10)20-16(21)11(2)23-17(22)12-7-8-13(18)14(19)9-12/h3-9,11H,1-2H3,(H,20,21). The number of benzene rings is 2. The summed E-state index contributed by atoms with van der Waals surface area (Å²) in [6.45, 7) is 3.38. The van der Waals surface area contributed by atoms with Crippen LogP contribution in [0, 0.1) is 6.92 Å². The fraction of sp³-hybridized carbons (Fsp3) is 0.176. The molecule has 0 aromatic heterocycles. The van der Waals surface area contributed by atoms with Crippen LogP contribution in [0.2, 0.25) is 10.0 Å². The lowest BCUT2D eigenvalue weighted by Crippen LogP contribution is -2.30. The first kappa shape index (κ1) is 17.3. The number of rotatable bonds is 4. The van der Waals surface area contributed by atoms with E-state index in [1.807, 2.05) is 25.1 Å². The smallest absolute Gasteiger partial charge is 0.338 e. The average molecular weight is 352 g/mol. The van der Waals surface area contributed by atoms with E-state index >= 15 is 0 Å². The first-order valence-corrected chi connectivity index (χ1v) is 7.66. The van der Waals surface area contributed by atoms with Gasteiger partial charge in [0.25, 0.3) is 5.91 Å². The number of hydrogen-bond acceptors (Lipinski definition) is 3. The van der Waals surface area contributed by atoms with Gasteiger partial charge in [-0.1, -0.05) is 41.4 Å². The number of ether oxygens (including phenoxy) is 1. The first-order chi connectivity index (χ1) is 10.9. The molecule has 0 spiro atoms. The summed E-state index contributed by atoms with van der Waals surface area (Å²) in [6.07, 6.45) is -0.948. The molecule has 0 bridgehead atoms. The van der Waals surface area contributed by atoms with Gasteiger partial charge in [0.1, 0.15) is 0 Å². The van der Waals surface area contributed by atoms with E-state index in [4.69, 9.17) is 27.9 Å². The molecule has 1 unspecified atom stereocenters. The lowest BCUT2D eigenvalue weighted by molar-refractivity contribution is -0.123. The van der Waals surface area contributed by atoms with Gasteiger partial charge in [-0.05, 0) is 43.7 Å². The highest BCUT2D eigenvalue weighted by Crippen LogP contribution is 2.23. The molecule has 2 aromatic carbocycles. The van der Waals surface area contributed by atoms with E-state index in [2.05, 4.69) is 5.32 Å². The molecular weight excluding hydrogens is 337 g/mol. The van der Waals surface area contributed by atoms with Gasteiger partial charge in [0.05, 0.1) is 15.6 Å². The lowest BCUT2D eigenvalue weighted by Gasteiger charge is -2.14. The van der Waals surface area contributed by atoms with E-state index < -0.39 is 18.0 Å². The van der Waals surface area contributed by atoms with Crippen molar-refractivity contribution in [3.8, 4) is 0 Å². The van der Waals surface area contributed by atoms with Crippen LogP contribution < -0.4 is 5.32 Å². The number of amides is 1. The Kier molecular flexibility index (Phi) is 5.64. The van der Waals surface area contributed by atoms with Crippen LogP contribution in [0.3, 0.4) is 0 Å². The Morgan fingerprint density at radius 2 is 1.78 bits per heavy atom. The van der Waals surface area contributed by atoms with Crippen molar-refractivity contribution in [2.45, 2.75) is 20.0 Å². The summed E-state index contributed by atoms with van der Waals surface area (Å²) in [4.78, 5) is 24.2. The Hall–Kier alpha value is -2.04. The average Bonchev–Trinajstić information content (AvgIpc) is 2.52. The second-order valence-electron chi connectivity index (χ2n) is 4.98. The third-order valence-electron chi connectivity index (χ3n) is 3.21. The molecule has 0 heterocycles. The highest BCUT2D eigenvalue weighted by Gasteiger charge is 2.20. The van der Waals surface area contributed by atoms with E-state index in [0.717, 1.165) is 5.56 Å². The molecule has 0 aliphatic carbocycles. The van der Waals surface area contributed by atoms with Crippen molar-refractivity contribution in [3.63, 3.8) is 0 Å². The third kappa shape index (κ3) is 4.47.